The van der Waals surface area contributed by atoms with Crippen LogP contribution in [-0.2, 0) is 10.1 Å². The van der Waals surface area contributed by atoms with Crippen LogP contribution in [0.4, 0.5) is 5.69 Å². The molecule has 0 bridgehead atoms. The van der Waals surface area contributed by atoms with Crippen molar-refractivity contribution in [2.75, 3.05) is 5.32 Å². The van der Waals surface area contributed by atoms with Gasteiger partial charge in [-0.05, 0) is 23.6 Å². The Bertz CT molecular complexity index is 947. The highest BCUT2D eigenvalue weighted by Gasteiger charge is 2.17. The van der Waals surface area contributed by atoms with E-state index in [-0.39, 0.29) is 10.8 Å². The van der Waals surface area contributed by atoms with Crippen molar-refractivity contribution in [3.05, 3.63) is 58.8 Å². The van der Waals surface area contributed by atoms with E-state index in [1.807, 2.05) is 0 Å². The normalized spacial score (nSPS) is 11.5. The van der Waals surface area contributed by atoms with Crippen LogP contribution in [0.3, 0.4) is 0 Å². The summed E-state index contributed by atoms with van der Waals surface area (Å²) in [5.74, 6) is -0.264. The minimum absolute atomic E-state index is 0.183. The Hall–Kier alpha value is -2.22. The van der Waals surface area contributed by atoms with E-state index < -0.39 is 10.1 Å². The molecule has 0 aliphatic rings. The minimum Gasteiger partial charge on any atom is -0.321 e. The molecule has 2 aromatic carbocycles. The zero-order valence-electron chi connectivity index (χ0n) is 11.2. The SMILES string of the molecule is O=C(Nc1ccc(S(=O)(=O)O)c2ccccc12)c1cccs1. The van der Waals surface area contributed by atoms with Crippen LogP contribution in [0.15, 0.2) is 58.8 Å². The van der Waals surface area contributed by atoms with Gasteiger partial charge in [0.05, 0.1) is 4.88 Å². The van der Waals surface area contributed by atoms with Crippen LogP contribution >= 0.6 is 11.3 Å². The van der Waals surface area contributed by atoms with E-state index >= 15 is 0 Å². The highest BCUT2D eigenvalue weighted by atomic mass is 32.2. The number of fused-ring (bicyclic) bond motifs is 1. The van der Waals surface area contributed by atoms with Gasteiger partial charge in [-0.2, -0.15) is 8.42 Å². The second-order valence-corrected chi connectivity index (χ2v) is 6.90. The predicted molar refractivity (Wildman–Crippen MR) is 86.0 cm³/mol. The maximum absolute atomic E-state index is 12.1. The molecule has 2 N–H and O–H groups in total. The van der Waals surface area contributed by atoms with Gasteiger partial charge < -0.3 is 5.32 Å². The molecule has 0 fully saturated rings. The van der Waals surface area contributed by atoms with E-state index in [0.717, 1.165) is 0 Å². The first-order valence-corrected chi connectivity index (χ1v) is 8.63. The van der Waals surface area contributed by atoms with Gasteiger partial charge in [0.15, 0.2) is 0 Å². The average molecular weight is 333 g/mol. The van der Waals surface area contributed by atoms with Gasteiger partial charge in [0.25, 0.3) is 16.0 Å². The molecule has 0 radical (unpaired) electrons. The summed E-state index contributed by atoms with van der Waals surface area (Å²) in [7, 11) is -4.33. The number of hydrogen-bond acceptors (Lipinski definition) is 4. The van der Waals surface area contributed by atoms with Gasteiger partial charge in [-0.25, -0.2) is 0 Å². The Morgan fingerprint density at radius 3 is 2.36 bits per heavy atom. The Morgan fingerprint density at radius 1 is 1.00 bits per heavy atom. The molecule has 0 spiro atoms. The summed E-state index contributed by atoms with van der Waals surface area (Å²) in [5.41, 5.74) is 0.487. The van der Waals surface area contributed by atoms with Gasteiger partial charge in [0, 0.05) is 16.5 Å². The molecule has 0 aliphatic carbocycles. The van der Waals surface area contributed by atoms with Crippen molar-refractivity contribution in [3.63, 3.8) is 0 Å². The lowest BCUT2D eigenvalue weighted by Crippen LogP contribution is -2.11. The molecule has 3 rings (SSSR count). The van der Waals surface area contributed by atoms with Gasteiger partial charge in [-0.3, -0.25) is 9.35 Å². The Morgan fingerprint density at radius 2 is 1.73 bits per heavy atom. The highest BCUT2D eigenvalue weighted by Crippen LogP contribution is 2.29. The number of benzene rings is 2. The molecular weight excluding hydrogens is 322 g/mol. The van der Waals surface area contributed by atoms with Crippen LogP contribution in [0.1, 0.15) is 9.67 Å². The summed E-state index contributed by atoms with van der Waals surface area (Å²) < 4.78 is 32.2. The molecule has 0 unspecified atom stereocenters. The zero-order valence-corrected chi connectivity index (χ0v) is 12.8. The monoisotopic (exact) mass is 333 g/mol. The molecule has 1 heterocycles. The summed E-state index contributed by atoms with van der Waals surface area (Å²) in [5, 5.41) is 5.46. The molecule has 0 saturated carbocycles. The summed E-state index contributed by atoms with van der Waals surface area (Å²) >= 11 is 1.32. The predicted octanol–water partition coefficient (Wildman–Crippen LogP) is 3.40. The van der Waals surface area contributed by atoms with E-state index in [1.54, 1.807) is 41.8 Å². The van der Waals surface area contributed by atoms with E-state index in [9.17, 15) is 17.8 Å². The second kappa shape index (κ2) is 5.53. The van der Waals surface area contributed by atoms with Gasteiger partial charge in [0.1, 0.15) is 4.90 Å². The number of rotatable bonds is 3. The quantitative estimate of drug-likeness (QED) is 0.720. The van der Waals surface area contributed by atoms with Crippen molar-refractivity contribution in [3.8, 4) is 0 Å². The molecule has 0 atom stereocenters. The molecule has 0 saturated heterocycles. The van der Waals surface area contributed by atoms with Crippen LogP contribution in [0.5, 0.6) is 0 Å². The summed E-state index contributed by atoms with van der Waals surface area (Å²) in [4.78, 5) is 12.5. The number of carbonyl (C=O) groups is 1. The van der Waals surface area contributed by atoms with Gasteiger partial charge >= 0.3 is 0 Å². The Labute approximate surface area is 131 Å². The van der Waals surface area contributed by atoms with Crippen LogP contribution in [0.2, 0.25) is 0 Å². The standard InChI is InChI=1S/C15H11NO4S2/c17-15(13-6-3-9-21-13)16-12-7-8-14(22(18,19)20)11-5-2-1-4-10(11)12/h1-9H,(H,16,17)(H,18,19,20). The largest absolute Gasteiger partial charge is 0.321 e. The summed E-state index contributed by atoms with van der Waals surface area (Å²) in [6, 6.07) is 12.9. The maximum atomic E-state index is 12.1. The molecule has 1 amide bonds. The highest BCUT2D eigenvalue weighted by molar-refractivity contribution is 7.86. The smallest absolute Gasteiger partial charge is 0.295 e. The Balaban J connectivity index is 2.11. The van der Waals surface area contributed by atoms with E-state index in [2.05, 4.69) is 5.32 Å². The average Bonchev–Trinajstić information content (AvgIpc) is 3.00. The fourth-order valence-electron chi connectivity index (χ4n) is 2.20. The lowest BCUT2D eigenvalue weighted by atomic mass is 10.1. The first-order chi connectivity index (χ1) is 10.5. The maximum Gasteiger partial charge on any atom is 0.295 e. The number of anilines is 1. The van der Waals surface area contributed by atoms with E-state index in [1.165, 1.54) is 23.5 Å². The molecule has 3 aromatic rings. The van der Waals surface area contributed by atoms with Crippen LogP contribution < -0.4 is 5.32 Å². The number of carbonyl (C=O) groups excluding carboxylic acids is 1. The first kappa shape index (κ1) is 14.7. The lowest BCUT2D eigenvalue weighted by Gasteiger charge is -2.10. The molecule has 5 nitrogen and oxygen atoms in total. The number of thiophene rings is 1. The summed E-state index contributed by atoms with van der Waals surface area (Å²) in [6.45, 7) is 0. The van der Waals surface area contributed by atoms with E-state index in [0.29, 0.717) is 21.3 Å². The lowest BCUT2D eigenvalue weighted by molar-refractivity contribution is 0.103. The Kier molecular flexibility index (Phi) is 3.69. The van der Waals surface area contributed by atoms with Gasteiger partial charge in [0.2, 0.25) is 0 Å². The fraction of sp³-hybridized carbons (Fsp3) is 0. The zero-order chi connectivity index (χ0) is 15.7. The summed E-state index contributed by atoms with van der Waals surface area (Å²) in [6.07, 6.45) is 0. The molecule has 7 heteroatoms. The van der Waals surface area contributed by atoms with Crippen LogP contribution in [0, 0.1) is 0 Å². The minimum atomic E-state index is -4.33. The van der Waals surface area contributed by atoms with Crippen LogP contribution in [0.25, 0.3) is 10.8 Å². The molecular formula is C15H11NO4S2. The third-order valence-corrected chi connectivity index (χ3v) is 4.94. The molecule has 0 aliphatic heterocycles. The topological polar surface area (TPSA) is 83.5 Å². The first-order valence-electron chi connectivity index (χ1n) is 6.31. The van der Waals surface area contributed by atoms with Gasteiger partial charge in [-0.15, -0.1) is 11.3 Å². The van der Waals surface area contributed by atoms with Crippen molar-refractivity contribution in [1.29, 1.82) is 0 Å². The third-order valence-electron chi connectivity index (χ3n) is 3.16. The van der Waals surface area contributed by atoms with Crippen molar-refractivity contribution in [1.82, 2.24) is 0 Å². The van der Waals surface area contributed by atoms with Crippen LogP contribution in [-0.4, -0.2) is 18.9 Å². The molecule has 22 heavy (non-hydrogen) atoms. The van der Waals surface area contributed by atoms with Crippen molar-refractivity contribution >= 4 is 43.8 Å². The van der Waals surface area contributed by atoms with E-state index in [4.69, 9.17) is 0 Å². The van der Waals surface area contributed by atoms with Crippen molar-refractivity contribution < 1.29 is 17.8 Å². The van der Waals surface area contributed by atoms with Crippen molar-refractivity contribution in [2.24, 2.45) is 0 Å². The van der Waals surface area contributed by atoms with Gasteiger partial charge in [-0.1, -0.05) is 30.3 Å². The fourth-order valence-corrected chi connectivity index (χ4v) is 3.51. The molecule has 1 aromatic heterocycles. The second-order valence-electron chi connectivity index (χ2n) is 4.56. The van der Waals surface area contributed by atoms with Crippen molar-refractivity contribution in [2.45, 2.75) is 4.90 Å². The third kappa shape index (κ3) is 2.74. The number of amides is 1. The molecule has 112 valence electrons. The number of hydrogen-bond donors (Lipinski definition) is 2. The number of nitrogens with one attached hydrogen (secondary N) is 1.